The molecule has 0 heterocycles. The summed E-state index contributed by atoms with van der Waals surface area (Å²) in [5.41, 5.74) is 0.698. The van der Waals surface area contributed by atoms with E-state index in [2.05, 4.69) is 0 Å². The number of carboxylic acids is 2. The first kappa shape index (κ1) is 10.7. The molecular formula is C8H12O4. The lowest BCUT2D eigenvalue weighted by Gasteiger charge is -1.96. The molecule has 4 heteroatoms. The number of hydrogen-bond donors (Lipinski definition) is 2. The Balaban J connectivity index is 3.64. The molecule has 0 aromatic carbocycles. The van der Waals surface area contributed by atoms with E-state index < -0.39 is 11.9 Å². The lowest BCUT2D eigenvalue weighted by molar-refractivity contribution is -0.137. The highest BCUT2D eigenvalue weighted by atomic mass is 16.4. The second-order valence-corrected chi connectivity index (χ2v) is 2.58. The first-order chi connectivity index (χ1) is 5.52. The van der Waals surface area contributed by atoms with E-state index in [0.29, 0.717) is 18.4 Å². The summed E-state index contributed by atoms with van der Waals surface area (Å²) in [6, 6.07) is 0. The largest absolute Gasteiger partial charge is 0.481 e. The van der Waals surface area contributed by atoms with Crippen LogP contribution in [0.1, 0.15) is 26.2 Å². The standard InChI is InChI=1S/C8H12O4/c1-6(5-8(11)12)3-2-4-7(9)10/h5H,2-4H2,1H3,(H,9,10)(H,11,12). The fourth-order valence-corrected chi connectivity index (χ4v) is 0.801. The Morgan fingerprint density at radius 1 is 1.25 bits per heavy atom. The smallest absolute Gasteiger partial charge is 0.328 e. The molecule has 0 aliphatic heterocycles. The minimum absolute atomic E-state index is 0.0881. The molecule has 0 unspecified atom stereocenters. The van der Waals surface area contributed by atoms with Crippen LogP contribution in [0.4, 0.5) is 0 Å². The Bertz CT molecular complexity index is 205. The van der Waals surface area contributed by atoms with Gasteiger partial charge in [-0.25, -0.2) is 4.79 Å². The van der Waals surface area contributed by atoms with Crippen LogP contribution in [0.5, 0.6) is 0 Å². The maximum Gasteiger partial charge on any atom is 0.328 e. The quantitative estimate of drug-likeness (QED) is 0.612. The summed E-state index contributed by atoms with van der Waals surface area (Å²) in [5, 5.41) is 16.6. The molecule has 0 aromatic heterocycles. The number of allylic oxidation sites excluding steroid dienone is 1. The van der Waals surface area contributed by atoms with E-state index in [1.165, 1.54) is 0 Å². The monoisotopic (exact) mass is 172 g/mol. The van der Waals surface area contributed by atoms with Crippen molar-refractivity contribution in [2.75, 3.05) is 0 Å². The molecule has 68 valence electrons. The van der Waals surface area contributed by atoms with Crippen LogP contribution in [-0.4, -0.2) is 22.2 Å². The van der Waals surface area contributed by atoms with Gasteiger partial charge in [0.1, 0.15) is 0 Å². The summed E-state index contributed by atoms with van der Waals surface area (Å²) in [6.45, 7) is 1.68. The number of rotatable bonds is 5. The van der Waals surface area contributed by atoms with Crippen molar-refractivity contribution in [1.82, 2.24) is 0 Å². The molecule has 0 spiro atoms. The molecule has 4 nitrogen and oxygen atoms in total. The molecule has 0 saturated carbocycles. The van der Waals surface area contributed by atoms with Crippen LogP contribution in [0.15, 0.2) is 11.6 Å². The van der Waals surface area contributed by atoms with Gasteiger partial charge in [0, 0.05) is 12.5 Å². The predicted molar refractivity (Wildman–Crippen MR) is 42.9 cm³/mol. The number of hydrogen-bond acceptors (Lipinski definition) is 2. The van der Waals surface area contributed by atoms with Crippen molar-refractivity contribution >= 4 is 11.9 Å². The van der Waals surface area contributed by atoms with Gasteiger partial charge in [-0.3, -0.25) is 4.79 Å². The topological polar surface area (TPSA) is 74.6 Å². The van der Waals surface area contributed by atoms with E-state index in [4.69, 9.17) is 10.2 Å². The zero-order valence-corrected chi connectivity index (χ0v) is 6.91. The molecule has 0 atom stereocenters. The van der Waals surface area contributed by atoms with Gasteiger partial charge >= 0.3 is 11.9 Å². The number of carbonyl (C=O) groups is 2. The molecule has 0 rings (SSSR count). The van der Waals surface area contributed by atoms with Crippen molar-refractivity contribution in [3.05, 3.63) is 11.6 Å². The summed E-state index contributed by atoms with van der Waals surface area (Å²) < 4.78 is 0. The van der Waals surface area contributed by atoms with E-state index in [1.807, 2.05) is 0 Å². The molecule has 0 aliphatic carbocycles. The molecule has 12 heavy (non-hydrogen) atoms. The molecule has 2 N–H and O–H groups in total. The van der Waals surface area contributed by atoms with Crippen molar-refractivity contribution in [3.8, 4) is 0 Å². The normalized spacial score (nSPS) is 11.2. The molecule has 0 saturated heterocycles. The first-order valence-electron chi connectivity index (χ1n) is 3.64. The average molecular weight is 172 g/mol. The highest BCUT2D eigenvalue weighted by Gasteiger charge is 1.98. The third kappa shape index (κ3) is 6.80. The summed E-state index contributed by atoms with van der Waals surface area (Å²) in [7, 11) is 0. The van der Waals surface area contributed by atoms with Crippen LogP contribution in [0, 0.1) is 0 Å². The maximum absolute atomic E-state index is 10.1. The van der Waals surface area contributed by atoms with Crippen LogP contribution in [0.25, 0.3) is 0 Å². The SMILES string of the molecule is CC(=CC(=O)O)CCCC(=O)O. The van der Waals surface area contributed by atoms with E-state index in [1.54, 1.807) is 6.92 Å². The highest BCUT2D eigenvalue weighted by Crippen LogP contribution is 2.05. The summed E-state index contributed by atoms with van der Waals surface area (Å²) in [4.78, 5) is 20.2. The van der Waals surface area contributed by atoms with Gasteiger partial charge in [-0.2, -0.15) is 0 Å². The van der Waals surface area contributed by atoms with Gasteiger partial charge < -0.3 is 10.2 Å². The highest BCUT2D eigenvalue weighted by molar-refractivity contribution is 5.80. The second-order valence-electron chi connectivity index (χ2n) is 2.58. The Labute approximate surface area is 70.5 Å². The Kier molecular flexibility index (Phi) is 4.76. The Hall–Kier alpha value is -1.32. The number of carboxylic acid groups (broad SMARTS) is 2. The molecule has 0 aliphatic rings. The molecular weight excluding hydrogens is 160 g/mol. The fourth-order valence-electron chi connectivity index (χ4n) is 0.801. The third-order valence-corrected chi connectivity index (χ3v) is 1.33. The van der Waals surface area contributed by atoms with Gasteiger partial charge in [-0.05, 0) is 19.8 Å². The van der Waals surface area contributed by atoms with E-state index in [-0.39, 0.29) is 6.42 Å². The van der Waals surface area contributed by atoms with E-state index in [0.717, 1.165) is 6.08 Å². The molecule has 0 amide bonds. The first-order valence-corrected chi connectivity index (χ1v) is 3.64. The lowest BCUT2D eigenvalue weighted by atomic mass is 10.1. The van der Waals surface area contributed by atoms with Gasteiger partial charge in [-0.15, -0.1) is 0 Å². The van der Waals surface area contributed by atoms with Crippen LogP contribution in [-0.2, 0) is 9.59 Å². The summed E-state index contributed by atoms with van der Waals surface area (Å²) in [5.74, 6) is -1.83. The summed E-state index contributed by atoms with van der Waals surface area (Å²) in [6.07, 6.45) is 2.20. The molecule has 0 aromatic rings. The Morgan fingerprint density at radius 3 is 2.25 bits per heavy atom. The van der Waals surface area contributed by atoms with Crippen LogP contribution < -0.4 is 0 Å². The van der Waals surface area contributed by atoms with Crippen LogP contribution in [0.2, 0.25) is 0 Å². The second kappa shape index (κ2) is 5.35. The van der Waals surface area contributed by atoms with E-state index in [9.17, 15) is 9.59 Å². The van der Waals surface area contributed by atoms with Crippen LogP contribution in [0.3, 0.4) is 0 Å². The maximum atomic E-state index is 10.1. The van der Waals surface area contributed by atoms with Gasteiger partial charge in [0.2, 0.25) is 0 Å². The van der Waals surface area contributed by atoms with Gasteiger partial charge in [0.05, 0.1) is 0 Å². The van der Waals surface area contributed by atoms with Gasteiger partial charge in [-0.1, -0.05) is 5.57 Å². The van der Waals surface area contributed by atoms with Crippen molar-refractivity contribution in [3.63, 3.8) is 0 Å². The minimum atomic E-state index is -0.983. The molecule has 0 bridgehead atoms. The zero-order valence-electron chi connectivity index (χ0n) is 6.91. The van der Waals surface area contributed by atoms with Crippen molar-refractivity contribution in [2.45, 2.75) is 26.2 Å². The molecule has 0 radical (unpaired) electrons. The Morgan fingerprint density at radius 2 is 1.83 bits per heavy atom. The average Bonchev–Trinajstić information content (AvgIpc) is 1.84. The van der Waals surface area contributed by atoms with E-state index >= 15 is 0 Å². The van der Waals surface area contributed by atoms with Crippen LogP contribution >= 0.6 is 0 Å². The van der Waals surface area contributed by atoms with Crippen molar-refractivity contribution in [2.24, 2.45) is 0 Å². The summed E-state index contributed by atoms with van der Waals surface area (Å²) >= 11 is 0. The molecule has 0 fully saturated rings. The van der Waals surface area contributed by atoms with Crippen molar-refractivity contribution < 1.29 is 19.8 Å². The van der Waals surface area contributed by atoms with Gasteiger partial charge in [0.25, 0.3) is 0 Å². The van der Waals surface area contributed by atoms with Crippen molar-refractivity contribution in [1.29, 1.82) is 0 Å². The predicted octanol–water partition coefficient (Wildman–Crippen LogP) is 1.27. The lowest BCUT2D eigenvalue weighted by Crippen LogP contribution is -1.95. The third-order valence-electron chi connectivity index (χ3n) is 1.33. The fraction of sp³-hybridized carbons (Fsp3) is 0.500. The minimum Gasteiger partial charge on any atom is -0.481 e. The van der Waals surface area contributed by atoms with Gasteiger partial charge in [0.15, 0.2) is 0 Å². The zero-order chi connectivity index (χ0) is 9.56. The number of aliphatic carboxylic acids is 2.